The summed E-state index contributed by atoms with van der Waals surface area (Å²) in [6.07, 6.45) is 1.15. The number of nitrogens with zero attached hydrogens (tertiary/aromatic N) is 1. The van der Waals surface area contributed by atoms with Crippen molar-refractivity contribution >= 4 is 17.7 Å². The fraction of sp³-hybridized carbons (Fsp3) is 0. The van der Waals surface area contributed by atoms with Gasteiger partial charge in [0.1, 0.15) is 5.82 Å². The summed E-state index contributed by atoms with van der Waals surface area (Å²) >= 11 is 5.26. The number of hydrogen-bond acceptors (Lipinski definition) is 2. The van der Waals surface area contributed by atoms with Crippen LogP contribution in [0.25, 0.3) is 6.08 Å². The molecule has 0 saturated heterocycles. The normalized spacial score (nSPS) is 11.4. The van der Waals surface area contributed by atoms with Gasteiger partial charge in [-0.2, -0.15) is 0 Å². The second-order valence-corrected chi connectivity index (χ2v) is 2.66. The highest BCUT2D eigenvalue weighted by Crippen LogP contribution is 2.11. The van der Waals surface area contributed by atoms with E-state index in [2.05, 4.69) is 0 Å². The van der Waals surface area contributed by atoms with Crippen molar-refractivity contribution in [3.8, 4) is 0 Å². The van der Waals surface area contributed by atoms with Crippen molar-refractivity contribution in [2.24, 2.45) is 0 Å². The van der Waals surface area contributed by atoms with Crippen molar-refractivity contribution in [1.29, 1.82) is 0 Å². The van der Waals surface area contributed by atoms with Gasteiger partial charge in [-0.15, -0.1) is 0 Å². The highest BCUT2D eigenvalue weighted by molar-refractivity contribution is 6.29. The van der Waals surface area contributed by atoms with Crippen LogP contribution in [0.2, 0.25) is 0 Å². The van der Waals surface area contributed by atoms with Gasteiger partial charge in [-0.1, -0.05) is 12.1 Å². The molecule has 0 atom stereocenters. The standard InChI is InChI=1S/C8H5ClFNO2/c9-8(11(12)13)5-6-1-3-7(10)4-2-6/h1-5H. The summed E-state index contributed by atoms with van der Waals surface area (Å²) in [5.74, 6) is -0.394. The van der Waals surface area contributed by atoms with Gasteiger partial charge >= 0.3 is 5.16 Å². The zero-order valence-corrected chi connectivity index (χ0v) is 7.16. The first-order chi connectivity index (χ1) is 6.09. The Hall–Kier alpha value is -1.42. The molecule has 1 aromatic carbocycles. The molecule has 0 heterocycles. The topological polar surface area (TPSA) is 43.1 Å². The number of rotatable bonds is 2. The quantitative estimate of drug-likeness (QED) is 0.419. The first-order valence-corrected chi connectivity index (χ1v) is 3.74. The van der Waals surface area contributed by atoms with Crippen molar-refractivity contribution in [2.45, 2.75) is 0 Å². The summed E-state index contributed by atoms with van der Waals surface area (Å²) in [5, 5.41) is 9.61. The molecule has 0 aromatic heterocycles. The predicted octanol–water partition coefficient (Wildman–Crippen LogP) is 2.64. The Kier molecular flexibility index (Phi) is 2.97. The molecule has 68 valence electrons. The number of halogens is 2. The zero-order chi connectivity index (χ0) is 9.84. The molecule has 1 rings (SSSR count). The molecule has 0 N–H and O–H groups in total. The average molecular weight is 202 g/mol. The lowest BCUT2D eigenvalue weighted by molar-refractivity contribution is -0.410. The van der Waals surface area contributed by atoms with E-state index in [1.54, 1.807) is 0 Å². The fourth-order valence-electron chi connectivity index (χ4n) is 0.749. The highest BCUT2D eigenvalue weighted by Gasteiger charge is 2.04. The van der Waals surface area contributed by atoms with Crippen LogP contribution in [0.4, 0.5) is 4.39 Å². The molecule has 0 amide bonds. The van der Waals surface area contributed by atoms with Gasteiger partial charge in [0.2, 0.25) is 0 Å². The Morgan fingerprint density at radius 2 is 2.00 bits per heavy atom. The largest absolute Gasteiger partial charge is 0.337 e. The van der Waals surface area contributed by atoms with Crippen LogP contribution in [-0.2, 0) is 0 Å². The molecule has 0 spiro atoms. The van der Waals surface area contributed by atoms with Crippen LogP contribution in [0.15, 0.2) is 29.4 Å². The second kappa shape index (κ2) is 4.00. The SMILES string of the molecule is O=[N+]([O-])C(Cl)=Cc1ccc(F)cc1. The molecule has 3 nitrogen and oxygen atoms in total. The minimum atomic E-state index is -0.717. The van der Waals surface area contributed by atoms with Gasteiger partial charge in [-0.05, 0) is 29.3 Å². The third-order valence-corrected chi connectivity index (χ3v) is 1.58. The van der Waals surface area contributed by atoms with E-state index in [1.807, 2.05) is 0 Å². The average Bonchev–Trinajstić information content (AvgIpc) is 2.08. The highest BCUT2D eigenvalue weighted by atomic mass is 35.5. The fourth-order valence-corrected chi connectivity index (χ4v) is 0.875. The molecule has 5 heteroatoms. The van der Waals surface area contributed by atoms with Crippen LogP contribution in [0.1, 0.15) is 5.56 Å². The van der Waals surface area contributed by atoms with Crippen LogP contribution in [0, 0.1) is 15.9 Å². The molecule has 0 bridgehead atoms. The van der Waals surface area contributed by atoms with Crippen LogP contribution >= 0.6 is 11.6 Å². The summed E-state index contributed by atoms with van der Waals surface area (Å²) in [6, 6.07) is 5.22. The Labute approximate surface area is 78.6 Å². The van der Waals surface area contributed by atoms with Crippen LogP contribution in [0.3, 0.4) is 0 Å². The molecule has 0 saturated carbocycles. The van der Waals surface area contributed by atoms with Gasteiger partial charge in [0.05, 0.1) is 4.92 Å². The maximum atomic E-state index is 12.4. The first-order valence-electron chi connectivity index (χ1n) is 3.37. The number of nitro groups is 1. The molecular weight excluding hydrogens is 197 g/mol. The van der Waals surface area contributed by atoms with Gasteiger partial charge < -0.3 is 0 Å². The third-order valence-electron chi connectivity index (χ3n) is 1.33. The molecule has 0 unspecified atom stereocenters. The summed E-state index contributed by atoms with van der Waals surface area (Å²) in [5.41, 5.74) is 0.489. The lowest BCUT2D eigenvalue weighted by Crippen LogP contribution is -1.90. The van der Waals surface area contributed by atoms with Crippen molar-refractivity contribution in [1.82, 2.24) is 0 Å². The number of benzene rings is 1. The minimum Gasteiger partial charge on any atom is -0.257 e. The molecule has 13 heavy (non-hydrogen) atoms. The molecule has 0 aliphatic rings. The lowest BCUT2D eigenvalue weighted by atomic mass is 10.2. The Morgan fingerprint density at radius 1 is 1.46 bits per heavy atom. The van der Waals surface area contributed by atoms with E-state index in [-0.39, 0.29) is 0 Å². The van der Waals surface area contributed by atoms with E-state index in [0.717, 1.165) is 6.08 Å². The van der Waals surface area contributed by atoms with Crippen molar-refractivity contribution in [3.05, 3.63) is 50.9 Å². The summed E-state index contributed by atoms with van der Waals surface area (Å²) in [4.78, 5) is 9.38. The lowest BCUT2D eigenvalue weighted by Gasteiger charge is -1.91. The van der Waals surface area contributed by atoms with E-state index >= 15 is 0 Å². The molecule has 0 aliphatic heterocycles. The monoisotopic (exact) mass is 201 g/mol. The predicted molar refractivity (Wildman–Crippen MR) is 47.2 cm³/mol. The summed E-state index contributed by atoms with van der Waals surface area (Å²) < 4.78 is 12.4. The first kappa shape index (κ1) is 9.67. The van der Waals surface area contributed by atoms with Crippen molar-refractivity contribution in [3.63, 3.8) is 0 Å². The molecule has 0 aliphatic carbocycles. The number of hydrogen-bond donors (Lipinski definition) is 0. The van der Waals surface area contributed by atoms with Crippen molar-refractivity contribution < 1.29 is 9.31 Å². The van der Waals surface area contributed by atoms with Crippen LogP contribution in [0.5, 0.6) is 0 Å². The van der Waals surface area contributed by atoms with Crippen LogP contribution in [-0.4, -0.2) is 4.92 Å². The molecule has 1 aromatic rings. The van der Waals surface area contributed by atoms with Crippen LogP contribution < -0.4 is 0 Å². The smallest absolute Gasteiger partial charge is 0.257 e. The minimum absolute atomic E-state index is 0.394. The molecular formula is C8H5ClFNO2. The van der Waals surface area contributed by atoms with Gasteiger partial charge in [-0.25, -0.2) is 4.39 Å². The van der Waals surface area contributed by atoms with Gasteiger partial charge in [0.15, 0.2) is 0 Å². The maximum absolute atomic E-state index is 12.4. The maximum Gasteiger partial charge on any atom is 0.337 e. The Balaban J connectivity index is 2.92. The Bertz CT molecular complexity index is 348. The van der Waals surface area contributed by atoms with E-state index in [4.69, 9.17) is 11.6 Å². The molecule has 0 radical (unpaired) electrons. The van der Waals surface area contributed by atoms with Gasteiger partial charge in [0, 0.05) is 6.08 Å². The second-order valence-electron chi connectivity index (χ2n) is 2.28. The van der Waals surface area contributed by atoms with Gasteiger partial charge in [0.25, 0.3) is 0 Å². The van der Waals surface area contributed by atoms with E-state index < -0.39 is 15.9 Å². The third kappa shape index (κ3) is 2.83. The molecule has 0 fully saturated rings. The zero-order valence-electron chi connectivity index (χ0n) is 6.41. The summed E-state index contributed by atoms with van der Waals surface area (Å²) in [6.45, 7) is 0. The van der Waals surface area contributed by atoms with Gasteiger partial charge in [-0.3, -0.25) is 10.1 Å². The van der Waals surface area contributed by atoms with Crippen molar-refractivity contribution in [2.75, 3.05) is 0 Å². The van der Waals surface area contributed by atoms with E-state index in [1.165, 1.54) is 24.3 Å². The Morgan fingerprint density at radius 3 is 2.46 bits per heavy atom. The van der Waals surface area contributed by atoms with E-state index in [9.17, 15) is 14.5 Å². The van der Waals surface area contributed by atoms with E-state index in [0.29, 0.717) is 5.56 Å². The summed E-state index contributed by atoms with van der Waals surface area (Å²) in [7, 11) is 0.